The average molecular weight is 271 g/mol. The summed E-state index contributed by atoms with van der Waals surface area (Å²) in [5, 5.41) is 18.5. The van der Waals surface area contributed by atoms with Crippen LogP contribution in [0.2, 0.25) is 0 Å². The van der Waals surface area contributed by atoms with Gasteiger partial charge in [-0.15, -0.1) is 0 Å². The van der Waals surface area contributed by atoms with E-state index in [4.69, 9.17) is 19.3 Å². The minimum absolute atomic E-state index is 0.0647. The molecule has 6 nitrogen and oxygen atoms in total. The SMILES string of the molecule is COCC(C)OCC(O)COc1ccc(CO)nc1. The molecule has 6 heteroatoms. The Kier molecular flexibility index (Phi) is 7.35. The quantitative estimate of drug-likeness (QED) is 0.675. The van der Waals surface area contributed by atoms with Gasteiger partial charge in [0.25, 0.3) is 0 Å². The summed E-state index contributed by atoms with van der Waals surface area (Å²) in [6.07, 6.45) is 0.731. The maximum absolute atomic E-state index is 9.68. The van der Waals surface area contributed by atoms with E-state index < -0.39 is 6.10 Å². The van der Waals surface area contributed by atoms with Crippen molar-refractivity contribution in [2.24, 2.45) is 0 Å². The fourth-order valence-electron chi connectivity index (χ4n) is 1.39. The number of rotatable bonds is 9. The predicted octanol–water partition coefficient (Wildman–Crippen LogP) is 0.365. The average Bonchev–Trinajstić information content (AvgIpc) is 2.44. The van der Waals surface area contributed by atoms with Crippen molar-refractivity contribution in [1.82, 2.24) is 4.98 Å². The lowest BCUT2D eigenvalue weighted by molar-refractivity contribution is -0.0423. The minimum Gasteiger partial charge on any atom is -0.489 e. The van der Waals surface area contributed by atoms with Gasteiger partial charge in [-0.25, -0.2) is 0 Å². The Morgan fingerprint density at radius 3 is 2.63 bits per heavy atom. The van der Waals surface area contributed by atoms with E-state index in [9.17, 15) is 5.11 Å². The Morgan fingerprint density at radius 1 is 1.26 bits per heavy atom. The first kappa shape index (κ1) is 15.8. The van der Waals surface area contributed by atoms with Gasteiger partial charge in [0.1, 0.15) is 18.5 Å². The zero-order chi connectivity index (χ0) is 14.1. The van der Waals surface area contributed by atoms with Gasteiger partial charge in [0.05, 0.1) is 37.8 Å². The molecule has 1 aromatic rings. The van der Waals surface area contributed by atoms with Crippen molar-refractivity contribution in [1.29, 1.82) is 0 Å². The van der Waals surface area contributed by atoms with E-state index in [2.05, 4.69) is 4.98 Å². The Hall–Kier alpha value is -1.21. The topological polar surface area (TPSA) is 81.0 Å². The van der Waals surface area contributed by atoms with Gasteiger partial charge in [-0.1, -0.05) is 0 Å². The van der Waals surface area contributed by atoms with Crippen LogP contribution in [0.15, 0.2) is 18.3 Å². The molecule has 0 saturated heterocycles. The summed E-state index contributed by atoms with van der Waals surface area (Å²) in [5.41, 5.74) is 0.574. The molecule has 1 rings (SSSR count). The number of aliphatic hydroxyl groups is 2. The Bertz CT molecular complexity index is 343. The third-order valence-corrected chi connectivity index (χ3v) is 2.38. The number of aliphatic hydroxyl groups excluding tert-OH is 2. The minimum atomic E-state index is -0.711. The van der Waals surface area contributed by atoms with Gasteiger partial charge >= 0.3 is 0 Å². The molecule has 19 heavy (non-hydrogen) atoms. The van der Waals surface area contributed by atoms with Crippen LogP contribution in [0.4, 0.5) is 0 Å². The second kappa shape index (κ2) is 8.82. The number of methoxy groups -OCH3 is 1. The van der Waals surface area contributed by atoms with Crippen LogP contribution in [0.1, 0.15) is 12.6 Å². The maximum Gasteiger partial charge on any atom is 0.137 e. The molecule has 2 unspecified atom stereocenters. The van der Waals surface area contributed by atoms with Gasteiger partial charge in [-0.05, 0) is 19.1 Å². The predicted molar refractivity (Wildman–Crippen MR) is 69.0 cm³/mol. The van der Waals surface area contributed by atoms with Crippen LogP contribution < -0.4 is 4.74 Å². The molecule has 1 aromatic heterocycles. The zero-order valence-corrected chi connectivity index (χ0v) is 11.3. The first-order valence-corrected chi connectivity index (χ1v) is 6.13. The number of ether oxygens (including phenoxy) is 3. The third-order valence-electron chi connectivity index (χ3n) is 2.38. The molecule has 0 aliphatic heterocycles. The number of nitrogens with zero attached hydrogens (tertiary/aromatic N) is 1. The summed E-state index contributed by atoms with van der Waals surface area (Å²) in [5.74, 6) is 0.543. The Morgan fingerprint density at radius 2 is 2.05 bits per heavy atom. The van der Waals surface area contributed by atoms with Crippen molar-refractivity contribution < 1.29 is 24.4 Å². The first-order valence-electron chi connectivity index (χ1n) is 6.13. The Balaban J connectivity index is 2.23. The first-order chi connectivity index (χ1) is 9.15. The molecule has 0 aromatic carbocycles. The van der Waals surface area contributed by atoms with Crippen LogP contribution in [-0.4, -0.2) is 54.3 Å². The molecule has 2 atom stereocenters. The maximum atomic E-state index is 9.68. The van der Waals surface area contributed by atoms with E-state index in [1.165, 1.54) is 6.20 Å². The van der Waals surface area contributed by atoms with Crippen LogP contribution in [0.3, 0.4) is 0 Å². The fourth-order valence-corrected chi connectivity index (χ4v) is 1.39. The van der Waals surface area contributed by atoms with Gasteiger partial charge in [0.15, 0.2) is 0 Å². The highest BCUT2D eigenvalue weighted by Gasteiger charge is 2.09. The Labute approximate surface area is 112 Å². The third kappa shape index (κ3) is 6.49. The van der Waals surface area contributed by atoms with Crippen molar-refractivity contribution in [2.75, 3.05) is 26.9 Å². The van der Waals surface area contributed by atoms with E-state index >= 15 is 0 Å². The number of aromatic nitrogens is 1. The lowest BCUT2D eigenvalue weighted by Gasteiger charge is -2.16. The number of pyridine rings is 1. The molecule has 0 aliphatic carbocycles. The molecule has 0 saturated carbocycles. The lowest BCUT2D eigenvalue weighted by atomic mass is 10.3. The van der Waals surface area contributed by atoms with E-state index in [1.807, 2.05) is 6.92 Å². The van der Waals surface area contributed by atoms with Crippen LogP contribution >= 0.6 is 0 Å². The van der Waals surface area contributed by atoms with Crippen molar-refractivity contribution in [3.8, 4) is 5.75 Å². The molecular formula is C13H21NO5. The molecule has 0 aliphatic rings. The number of hydrogen-bond donors (Lipinski definition) is 2. The summed E-state index contributed by atoms with van der Waals surface area (Å²) in [6.45, 7) is 2.56. The molecule has 0 radical (unpaired) electrons. The normalized spacial score (nSPS) is 14.1. The highest BCUT2D eigenvalue weighted by Crippen LogP contribution is 2.09. The lowest BCUT2D eigenvalue weighted by Crippen LogP contribution is -2.27. The van der Waals surface area contributed by atoms with Crippen LogP contribution in [0.5, 0.6) is 5.75 Å². The van der Waals surface area contributed by atoms with Crippen LogP contribution in [0.25, 0.3) is 0 Å². The van der Waals surface area contributed by atoms with Gasteiger partial charge in [-0.2, -0.15) is 0 Å². The summed E-state index contributed by atoms with van der Waals surface area (Å²) >= 11 is 0. The van der Waals surface area contributed by atoms with E-state index in [1.54, 1.807) is 19.2 Å². The standard InChI is InChI=1S/C13H21NO5/c1-10(7-17-2)18-8-12(16)9-19-13-4-3-11(6-15)14-5-13/h3-5,10,12,15-16H,6-9H2,1-2H3. The zero-order valence-electron chi connectivity index (χ0n) is 11.3. The molecule has 0 spiro atoms. The largest absolute Gasteiger partial charge is 0.489 e. The van der Waals surface area contributed by atoms with Crippen LogP contribution in [0, 0.1) is 0 Å². The second-order valence-electron chi connectivity index (χ2n) is 4.21. The summed E-state index contributed by atoms with van der Waals surface area (Å²) in [7, 11) is 1.60. The summed E-state index contributed by atoms with van der Waals surface area (Å²) < 4.78 is 15.6. The van der Waals surface area contributed by atoms with Crippen molar-refractivity contribution in [3.05, 3.63) is 24.0 Å². The van der Waals surface area contributed by atoms with Crippen molar-refractivity contribution in [3.63, 3.8) is 0 Å². The highest BCUT2D eigenvalue weighted by molar-refractivity contribution is 5.19. The van der Waals surface area contributed by atoms with Gasteiger partial charge in [-0.3, -0.25) is 4.98 Å². The summed E-state index contributed by atoms with van der Waals surface area (Å²) in [6, 6.07) is 3.36. The summed E-state index contributed by atoms with van der Waals surface area (Å²) in [4.78, 5) is 3.97. The number of hydrogen-bond acceptors (Lipinski definition) is 6. The molecule has 1 heterocycles. The van der Waals surface area contributed by atoms with Crippen molar-refractivity contribution in [2.45, 2.75) is 25.7 Å². The van der Waals surface area contributed by atoms with E-state index in [0.717, 1.165) is 0 Å². The molecule has 0 amide bonds. The molecule has 108 valence electrons. The fraction of sp³-hybridized carbons (Fsp3) is 0.615. The van der Waals surface area contributed by atoms with Gasteiger partial charge < -0.3 is 24.4 Å². The smallest absolute Gasteiger partial charge is 0.137 e. The van der Waals surface area contributed by atoms with Crippen molar-refractivity contribution >= 4 is 0 Å². The van der Waals surface area contributed by atoms with Gasteiger partial charge in [0.2, 0.25) is 0 Å². The molecule has 0 bridgehead atoms. The second-order valence-corrected chi connectivity index (χ2v) is 4.21. The molecular weight excluding hydrogens is 250 g/mol. The van der Waals surface area contributed by atoms with Crippen LogP contribution in [-0.2, 0) is 16.1 Å². The van der Waals surface area contributed by atoms with E-state index in [0.29, 0.717) is 18.1 Å². The molecule has 0 fully saturated rings. The van der Waals surface area contributed by atoms with Gasteiger partial charge in [0, 0.05) is 7.11 Å². The molecule has 2 N–H and O–H groups in total. The van der Waals surface area contributed by atoms with E-state index in [-0.39, 0.29) is 25.9 Å². The monoisotopic (exact) mass is 271 g/mol. The highest BCUT2D eigenvalue weighted by atomic mass is 16.5.